The Hall–Kier alpha value is -2.67. The van der Waals surface area contributed by atoms with Gasteiger partial charge in [-0.3, -0.25) is 9.36 Å². The molecule has 0 aliphatic carbocycles. The van der Waals surface area contributed by atoms with Crippen molar-refractivity contribution < 1.29 is 24.0 Å². The highest BCUT2D eigenvalue weighted by atomic mass is 16.7. The van der Waals surface area contributed by atoms with Gasteiger partial charge >= 0.3 is 14.4 Å². The molecule has 0 spiro atoms. The second-order valence-corrected chi connectivity index (χ2v) is 4.55. The molecule has 2 aromatic heterocycles. The Balaban J connectivity index is 0.000000373. The fourth-order valence-corrected chi connectivity index (χ4v) is 1.54. The minimum absolute atomic E-state index is 0.176. The monoisotopic (exact) mass is 362 g/mol. The standard InChI is InChI=1S/C5H6BN3O2.C5H5N3.C3H9BO3/c1-9-5(6(10)11)2-4(3-7)8-9;1-8-3-2-5(4-6)7-8;1-5-4(6-2)7-3/h2,10-11H,1H3;2-3H,1H3;1-3H3. The number of nitriles is 2. The average molecular weight is 362 g/mol. The molecule has 2 aromatic rings. The molecular weight excluding hydrogens is 342 g/mol. The summed E-state index contributed by atoms with van der Waals surface area (Å²) in [5.74, 6) is 0. The third-order valence-electron chi connectivity index (χ3n) is 2.70. The molecule has 0 aromatic carbocycles. The lowest BCUT2D eigenvalue weighted by Gasteiger charge is -2.01. The topological polar surface area (TPSA) is 151 Å². The van der Waals surface area contributed by atoms with Crippen molar-refractivity contribution in [2.75, 3.05) is 21.3 Å². The van der Waals surface area contributed by atoms with Crippen molar-refractivity contribution in [1.29, 1.82) is 10.5 Å². The van der Waals surface area contributed by atoms with E-state index < -0.39 is 14.4 Å². The van der Waals surface area contributed by atoms with Gasteiger partial charge in [0.15, 0.2) is 11.4 Å². The minimum atomic E-state index is -1.57. The summed E-state index contributed by atoms with van der Waals surface area (Å²) >= 11 is 0. The molecule has 0 saturated carbocycles. The number of aromatic nitrogens is 4. The van der Waals surface area contributed by atoms with Crippen molar-refractivity contribution in [1.82, 2.24) is 19.6 Å². The SMILES string of the molecule is COB(OC)OC.Cn1ccc(C#N)n1.Cn1nc(C#N)cc1B(O)O. The first-order chi connectivity index (χ1) is 12.3. The summed E-state index contributed by atoms with van der Waals surface area (Å²) in [6.07, 6.45) is 1.73. The third kappa shape index (κ3) is 8.43. The van der Waals surface area contributed by atoms with Crippen LogP contribution in [0.3, 0.4) is 0 Å². The first kappa shape index (κ1) is 23.3. The molecule has 2 rings (SSSR count). The quantitative estimate of drug-likeness (QED) is 0.599. The van der Waals surface area contributed by atoms with E-state index in [9.17, 15) is 0 Å². The molecule has 0 atom stereocenters. The average Bonchev–Trinajstić information content (AvgIpc) is 3.23. The van der Waals surface area contributed by atoms with Crippen molar-refractivity contribution in [3.8, 4) is 12.1 Å². The fourth-order valence-electron chi connectivity index (χ4n) is 1.54. The first-order valence-corrected chi connectivity index (χ1v) is 7.11. The maximum absolute atomic E-state index is 8.70. The van der Waals surface area contributed by atoms with Crippen LogP contribution in [0.1, 0.15) is 11.4 Å². The molecule has 13 heteroatoms. The molecule has 2 heterocycles. The first-order valence-electron chi connectivity index (χ1n) is 7.11. The van der Waals surface area contributed by atoms with E-state index in [1.54, 1.807) is 30.1 Å². The zero-order valence-corrected chi connectivity index (χ0v) is 15.2. The maximum Gasteiger partial charge on any atom is 0.638 e. The van der Waals surface area contributed by atoms with E-state index in [1.165, 1.54) is 39.1 Å². The van der Waals surface area contributed by atoms with Gasteiger partial charge in [0.1, 0.15) is 12.1 Å². The Morgan fingerprint density at radius 3 is 1.73 bits per heavy atom. The number of nitrogens with zero attached hydrogens (tertiary/aromatic N) is 6. The summed E-state index contributed by atoms with van der Waals surface area (Å²) < 4.78 is 16.7. The van der Waals surface area contributed by atoms with Crippen LogP contribution < -0.4 is 5.59 Å². The molecule has 26 heavy (non-hydrogen) atoms. The normalized spacial score (nSPS) is 8.96. The molecule has 0 unspecified atom stereocenters. The highest BCUT2D eigenvalue weighted by molar-refractivity contribution is 6.57. The Kier molecular flexibility index (Phi) is 11.4. The molecule has 11 nitrogen and oxygen atoms in total. The summed E-state index contributed by atoms with van der Waals surface area (Å²) in [5, 5.41) is 41.5. The molecule has 0 aliphatic rings. The molecule has 0 bridgehead atoms. The predicted molar refractivity (Wildman–Crippen MR) is 92.5 cm³/mol. The van der Waals surface area contributed by atoms with E-state index in [-0.39, 0.29) is 11.3 Å². The maximum atomic E-state index is 8.70. The molecule has 0 fully saturated rings. The van der Waals surface area contributed by atoms with E-state index in [0.29, 0.717) is 5.69 Å². The van der Waals surface area contributed by atoms with Gasteiger partial charge in [-0.15, -0.1) is 0 Å². The molecule has 0 radical (unpaired) electrons. The molecule has 2 N–H and O–H groups in total. The van der Waals surface area contributed by atoms with Crippen molar-refractivity contribution in [3.05, 3.63) is 29.7 Å². The zero-order valence-electron chi connectivity index (χ0n) is 15.2. The lowest BCUT2D eigenvalue weighted by molar-refractivity contribution is 0.163. The van der Waals surface area contributed by atoms with Crippen molar-refractivity contribution in [2.24, 2.45) is 14.1 Å². The van der Waals surface area contributed by atoms with Gasteiger partial charge in [0, 0.05) is 41.6 Å². The van der Waals surface area contributed by atoms with Crippen LogP contribution in [0.4, 0.5) is 0 Å². The van der Waals surface area contributed by atoms with Crippen LogP contribution in [0.5, 0.6) is 0 Å². The van der Waals surface area contributed by atoms with Gasteiger partial charge in [0.05, 0.1) is 5.59 Å². The summed E-state index contributed by atoms with van der Waals surface area (Å²) in [6, 6.07) is 6.70. The lowest BCUT2D eigenvalue weighted by Crippen LogP contribution is -2.35. The Bertz CT molecular complexity index is 727. The second kappa shape index (κ2) is 12.7. The van der Waals surface area contributed by atoms with Crippen molar-refractivity contribution in [2.45, 2.75) is 0 Å². The smallest absolute Gasteiger partial charge is 0.422 e. The van der Waals surface area contributed by atoms with Crippen LogP contribution in [0, 0.1) is 22.7 Å². The fraction of sp³-hybridized carbons (Fsp3) is 0.385. The van der Waals surface area contributed by atoms with E-state index in [1.807, 2.05) is 6.07 Å². The number of aryl methyl sites for hydroxylation is 2. The minimum Gasteiger partial charge on any atom is -0.422 e. The van der Waals surface area contributed by atoms with Crippen LogP contribution in [-0.4, -0.2) is 65.4 Å². The van der Waals surface area contributed by atoms with E-state index in [4.69, 9.17) is 20.6 Å². The lowest BCUT2D eigenvalue weighted by atomic mass is 9.86. The van der Waals surface area contributed by atoms with Crippen molar-refractivity contribution in [3.63, 3.8) is 0 Å². The van der Waals surface area contributed by atoms with Gasteiger partial charge in [-0.1, -0.05) is 0 Å². The van der Waals surface area contributed by atoms with Gasteiger partial charge in [0.25, 0.3) is 0 Å². The van der Waals surface area contributed by atoms with Crippen LogP contribution in [0.2, 0.25) is 0 Å². The summed E-state index contributed by atoms with van der Waals surface area (Å²) in [5.41, 5.74) is 0.852. The van der Waals surface area contributed by atoms with Crippen LogP contribution in [-0.2, 0) is 28.1 Å². The van der Waals surface area contributed by atoms with E-state index in [2.05, 4.69) is 24.2 Å². The van der Waals surface area contributed by atoms with Crippen molar-refractivity contribution >= 4 is 20.0 Å². The molecule has 0 saturated heterocycles. The predicted octanol–water partition coefficient (Wildman–Crippen LogP) is -1.83. The van der Waals surface area contributed by atoms with Gasteiger partial charge < -0.3 is 24.0 Å². The largest absolute Gasteiger partial charge is 0.638 e. The highest BCUT2D eigenvalue weighted by Crippen LogP contribution is 1.89. The van der Waals surface area contributed by atoms with E-state index in [0.717, 1.165) is 0 Å². The van der Waals surface area contributed by atoms with Crippen LogP contribution >= 0.6 is 0 Å². The van der Waals surface area contributed by atoms with E-state index >= 15 is 0 Å². The van der Waals surface area contributed by atoms with Gasteiger partial charge in [-0.05, 0) is 12.1 Å². The third-order valence-corrected chi connectivity index (χ3v) is 2.70. The van der Waals surface area contributed by atoms with Gasteiger partial charge in [-0.25, -0.2) is 0 Å². The van der Waals surface area contributed by atoms with Gasteiger partial charge in [0.2, 0.25) is 0 Å². The van der Waals surface area contributed by atoms with Crippen LogP contribution in [0.25, 0.3) is 0 Å². The summed E-state index contributed by atoms with van der Waals surface area (Å²) in [4.78, 5) is 0. The molecule has 0 amide bonds. The highest BCUT2D eigenvalue weighted by Gasteiger charge is 2.17. The second-order valence-electron chi connectivity index (χ2n) is 4.55. The Morgan fingerprint density at radius 1 is 1.00 bits per heavy atom. The molecule has 0 aliphatic heterocycles. The van der Waals surface area contributed by atoms with Gasteiger partial charge in [-0.2, -0.15) is 20.7 Å². The molecule has 138 valence electrons. The number of hydrogen-bond acceptors (Lipinski definition) is 9. The molecular formula is C13H20B2N6O5. The summed E-state index contributed by atoms with van der Waals surface area (Å²) in [6.45, 7) is 0. The zero-order chi connectivity index (χ0) is 20.1. The Morgan fingerprint density at radius 2 is 1.54 bits per heavy atom. The number of hydrogen-bond donors (Lipinski definition) is 2. The Labute approximate surface area is 152 Å². The van der Waals surface area contributed by atoms with Crippen LogP contribution in [0.15, 0.2) is 18.3 Å². The number of rotatable bonds is 4. The summed E-state index contributed by atoms with van der Waals surface area (Å²) in [7, 11) is 5.76.